The van der Waals surface area contributed by atoms with E-state index in [0.29, 0.717) is 6.54 Å². The second kappa shape index (κ2) is 11.1. The Bertz CT molecular complexity index is 352. The molecule has 0 aliphatic heterocycles. The van der Waals surface area contributed by atoms with Gasteiger partial charge in [-0.05, 0) is 13.3 Å². The molecule has 1 aromatic heterocycles. The van der Waals surface area contributed by atoms with E-state index in [1.807, 2.05) is 11.8 Å². The summed E-state index contributed by atoms with van der Waals surface area (Å²) in [4.78, 5) is 0. The quantitative estimate of drug-likeness (QED) is 0.468. The van der Waals surface area contributed by atoms with Crippen LogP contribution in [0, 0.1) is 0 Å². The Balaban J connectivity index is 2.08. The minimum absolute atomic E-state index is 0.471. The molecule has 0 spiro atoms. The van der Waals surface area contributed by atoms with Crippen LogP contribution in [-0.4, -0.2) is 20.5 Å². The number of aromatic nitrogens is 3. The first-order valence-corrected chi connectivity index (χ1v) is 9.07. The Labute approximate surface area is 127 Å². The summed E-state index contributed by atoms with van der Waals surface area (Å²) >= 11 is 1.81. The molecule has 4 nitrogen and oxygen atoms in total. The van der Waals surface area contributed by atoms with Crippen LogP contribution < -0.4 is 5.73 Å². The van der Waals surface area contributed by atoms with Crippen LogP contribution in [-0.2, 0) is 13.1 Å². The highest BCUT2D eigenvalue weighted by Gasteiger charge is 2.09. The summed E-state index contributed by atoms with van der Waals surface area (Å²) in [5.74, 6) is 2.03. The van der Waals surface area contributed by atoms with Gasteiger partial charge in [-0.15, -0.1) is 10.2 Å². The summed E-state index contributed by atoms with van der Waals surface area (Å²) in [5.41, 5.74) is 5.65. The maximum atomic E-state index is 5.65. The smallest absolute Gasteiger partial charge is 0.191 e. The van der Waals surface area contributed by atoms with Crippen molar-refractivity contribution >= 4 is 11.8 Å². The van der Waals surface area contributed by atoms with Crippen molar-refractivity contribution in [2.75, 3.05) is 5.75 Å². The first-order valence-electron chi connectivity index (χ1n) is 8.08. The summed E-state index contributed by atoms with van der Waals surface area (Å²) in [6.45, 7) is 5.75. The number of thioether (sulfide) groups is 1. The zero-order chi connectivity index (χ0) is 14.6. The van der Waals surface area contributed by atoms with Crippen molar-refractivity contribution in [1.82, 2.24) is 14.8 Å². The van der Waals surface area contributed by atoms with Crippen LogP contribution in [0.1, 0.15) is 71.0 Å². The minimum Gasteiger partial charge on any atom is -0.324 e. The zero-order valence-corrected chi connectivity index (χ0v) is 13.9. The molecule has 0 atom stereocenters. The van der Waals surface area contributed by atoms with Gasteiger partial charge in [0.05, 0.1) is 6.54 Å². The van der Waals surface area contributed by atoms with Gasteiger partial charge in [0.1, 0.15) is 5.82 Å². The van der Waals surface area contributed by atoms with Gasteiger partial charge >= 0.3 is 0 Å². The average Bonchev–Trinajstić information content (AvgIpc) is 2.87. The molecule has 0 aromatic carbocycles. The lowest BCUT2D eigenvalue weighted by Gasteiger charge is -2.05. The van der Waals surface area contributed by atoms with Gasteiger partial charge in [0, 0.05) is 12.3 Å². The molecule has 2 N–H and O–H groups in total. The predicted octanol–water partition coefficient (Wildman–Crippen LogP) is 3.99. The molecule has 0 saturated heterocycles. The maximum absolute atomic E-state index is 5.65. The molecule has 0 bridgehead atoms. The first kappa shape index (κ1) is 17.5. The first-order chi connectivity index (χ1) is 9.83. The number of nitrogens with two attached hydrogens (primary N) is 1. The molecule has 1 aromatic rings. The normalized spacial score (nSPS) is 11.2. The van der Waals surface area contributed by atoms with E-state index < -0.39 is 0 Å². The Morgan fingerprint density at radius 3 is 2.20 bits per heavy atom. The largest absolute Gasteiger partial charge is 0.324 e. The highest BCUT2D eigenvalue weighted by molar-refractivity contribution is 7.99. The van der Waals surface area contributed by atoms with Crippen molar-refractivity contribution in [2.45, 2.75) is 83.5 Å². The highest BCUT2D eigenvalue weighted by atomic mass is 32.2. The molecule has 0 aliphatic rings. The molecule has 1 rings (SSSR count). The standard InChI is InChI=1S/C15H30N4S/c1-3-5-6-7-8-9-10-11-12-20-15-18-17-14(13-16)19(15)4-2/h3-13,16H2,1-2H3. The fourth-order valence-corrected chi connectivity index (χ4v) is 3.31. The fourth-order valence-electron chi connectivity index (χ4n) is 2.29. The average molecular weight is 299 g/mol. The SMILES string of the molecule is CCCCCCCCCCSc1nnc(CN)n1CC. The van der Waals surface area contributed by atoms with E-state index in [9.17, 15) is 0 Å². The summed E-state index contributed by atoms with van der Waals surface area (Å²) in [6.07, 6.45) is 10.9. The van der Waals surface area contributed by atoms with Crippen molar-refractivity contribution in [3.8, 4) is 0 Å². The molecule has 116 valence electrons. The van der Waals surface area contributed by atoms with Crippen molar-refractivity contribution < 1.29 is 0 Å². The number of hydrogen-bond donors (Lipinski definition) is 1. The Morgan fingerprint density at radius 2 is 1.60 bits per heavy atom. The summed E-state index contributed by atoms with van der Waals surface area (Å²) < 4.78 is 2.12. The number of rotatable bonds is 12. The van der Waals surface area contributed by atoms with Gasteiger partial charge < -0.3 is 10.3 Å². The number of unbranched alkanes of at least 4 members (excludes halogenated alkanes) is 7. The monoisotopic (exact) mass is 298 g/mol. The van der Waals surface area contributed by atoms with E-state index in [-0.39, 0.29) is 0 Å². The van der Waals surface area contributed by atoms with Crippen LogP contribution in [0.2, 0.25) is 0 Å². The third-order valence-corrected chi connectivity index (χ3v) is 4.57. The van der Waals surface area contributed by atoms with Crippen LogP contribution in [0.25, 0.3) is 0 Å². The molecule has 0 amide bonds. The fraction of sp³-hybridized carbons (Fsp3) is 0.867. The number of nitrogens with zero attached hydrogens (tertiary/aromatic N) is 3. The molecule has 0 fully saturated rings. The third-order valence-electron chi connectivity index (χ3n) is 3.52. The van der Waals surface area contributed by atoms with E-state index >= 15 is 0 Å². The van der Waals surface area contributed by atoms with Crippen molar-refractivity contribution in [3.05, 3.63) is 5.82 Å². The van der Waals surface area contributed by atoms with Crippen molar-refractivity contribution in [3.63, 3.8) is 0 Å². The second-order valence-electron chi connectivity index (χ2n) is 5.17. The minimum atomic E-state index is 0.471. The molecule has 5 heteroatoms. The number of hydrogen-bond acceptors (Lipinski definition) is 4. The van der Waals surface area contributed by atoms with E-state index in [1.54, 1.807) is 0 Å². The summed E-state index contributed by atoms with van der Waals surface area (Å²) in [7, 11) is 0. The van der Waals surface area contributed by atoms with Gasteiger partial charge in [-0.1, -0.05) is 63.6 Å². The van der Waals surface area contributed by atoms with Crippen molar-refractivity contribution in [2.24, 2.45) is 5.73 Å². The van der Waals surface area contributed by atoms with Crippen LogP contribution in [0.3, 0.4) is 0 Å². The second-order valence-corrected chi connectivity index (χ2v) is 6.23. The van der Waals surface area contributed by atoms with Crippen molar-refractivity contribution in [1.29, 1.82) is 0 Å². The van der Waals surface area contributed by atoms with Gasteiger partial charge in [0.2, 0.25) is 0 Å². The molecule has 0 saturated carbocycles. The lowest BCUT2D eigenvalue weighted by molar-refractivity contribution is 0.586. The van der Waals surface area contributed by atoms with Crippen LogP contribution >= 0.6 is 11.8 Å². The van der Waals surface area contributed by atoms with Crippen LogP contribution in [0.4, 0.5) is 0 Å². The molecule has 0 radical (unpaired) electrons. The van der Waals surface area contributed by atoms with Crippen LogP contribution in [0.15, 0.2) is 5.16 Å². The topological polar surface area (TPSA) is 56.7 Å². The van der Waals surface area contributed by atoms with E-state index in [4.69, 9.17) is 5.73 Å². The van der Waals surface area contributed by atoms with Gasteiger partial charge in [-0.25, -0.2) is 0 Å². The zero-order valence-electron chi connectivity index (χ0n) is 13.1. The van der Waals surface area contributed by atoms with E-state index in [1.165, 1.54) is 51.4 Å². The maximum Gasteiger partial charge on any atom is 0.191 e. The van der Waals surface area contributed by atoms with E-state index in [2.05, 4.69) is 28.6 Å². The van der Waals surface area contributed by atoms with Gasteiger partial charge in [0.15, 0.2) is 5.16 Å². The van der Waals surface area contributed by atoms with E-state index in [0.717, 1.165) is 23.3 Å². The van der Waals surface area contributed by atoms with Gasteiger partial charge in [-0.3, -0.25) is 0 Å². The lowest BCUT2D eigenvalue weighted by atomic mass is 10.1. The summed E-state index contributed by atoms with van der Waals surface area (Å²) in [6, 6.07) is 0. The third kappa shape index (κ3) is 6.27. The Morgan fingerprint density at radius 1 is 0.950 bits per heavy atom. The molecular weight excluding hydrogens is 268 g/mol. The highest BCUT2D eigenvalue weighted by Crippen LogP contribution is 2.19. The lowest BCUT2D eigenvalue weighted by Crippen LogP contribution is -2.08. The molecule has 0 aliphatic carbocycles. The van der Waals surface area contributed by atoms with Gasteiger partial charge in [-0.2, -0.15) is 0 Å². The Hall–Kier alpha value is -0.550. The molecule has 20 heavy (non-hydrogen) atoms. The predicted molar refractivity (Wildman–Crippen MR) is 86.9 cm³/mol. The van der Waals surface area contributed by atoms with Crippen LogP contribution in [0.5, 0.6) is 0 Å². The molecule has 0 unspecified atom stereocenters. The Kier molecular flexibility index (Phi) is 9.75. The molecular formula is C15H30N4S. The molecule has 1 heterocycles. The summed E-state index contributed by atoms with van der Waals surface area (Å²) in [5, 5.41) is 9.37. The van der Waals surface area contributed by atoms with Gasteiger partial charge in [0.25, 0.3) is 0 Å².